The third-order valence-electron chi connectivity index (χ3n) is 7.10. The Labute approximate surface area is 262 Å². The first kappa shape index (κ1) is 33.6. The van der Waals surface area contributed by atoms with Gasteiger partial charge in [0.25, 0.3) is 5.95 Å². The lowest BCUT2D eigenvalue weighted by Gasteiger charge is -2.34. The van der Waals surface area contributed by atoms with Gasteiger partial charge in [0.2, 0.25) is 15.9 Å². The van der Waals surface area contributed by atoms with Crippen LogP contribution in [0.5, 0.6) is 0 Å². The van der Waals surface area contributed by atoms with Crippen molar-refractivity contribution in [3.05, 3.63) is 36.8 Å². The molecule has 1 aliphatic heterocycles. The van der Waals surface area contributed by atoms with E-state index in [0.29, 0.717) is 49.1 Å². The molecule has 3 aromatic heterocycles. The second kappa shape index (κ2) is 13.4. The summed E-state index contributed by atoms with van der Waals surface area (Å²) in [6.45, 7) is 11.6. The zero-order valence-corrected chi connectivity index (χ0v) is 27.2. The Balaban J connectivity index is 1.28. The Morgan fingerprint density at radius 1 is 1.04 bits per heavy atom. The summed E-state index contributed by atoms with van der Waals surface area (Å²) in [6, 6.07) is 4.14. The second-order valence-electron chi connectivity index (χ2n) is 12.5. The van der Waals surface area contributed by atoms with E-state index in [-0.39, 0.29) is 35.4 Å². The Bertz CT molecular complexity index is 1660. The van der Waals surface area contributed by atoms with Crippen LogP contribution in [-0.2, 0) is 19.6 Å². The van der Waals surface area contributed by atoms with Gasteiger partial charge in [0.15, 0.2) is 5.65 Å². The number of hydrogen-bond donors (Lipinski definition) is 4. The van der Waals surface area contributed by atoms with Crippen LogP contribution in [0.2, 0.25) is 0 Å². The number of sulfonamides is 1. The summed E-state index contributed by atoms with van der Waals surface area (Å²) < 4.78 is 35.1. The minimum absolute atomic E-state index is 0.0133. The number of fused-ring (bicyclic) bond motifs is 1. The Kier molecular flexibility index (Phi) is 9.97. The predicted octanol–water partition coefficient (Wildman–Crippen LogP) is 2.90. The van der Waals surface area contributed by atoms with Gasteiger partial charge in [-0.25, -0.2) is 27.2 Å². The number of pyridine rings is 2. The highest BCUT2D eigenvalue weighted by Gasteiger charge is 2.29. The van der Waals surface area contributed by atoms with Gasteiger partial charge in [0.1, 0.15) is 10.5 Å². The van der Waals surface area contributed by atoms with Gasteiger partial charge in [-0.2, -0.15) is 4.98 Å². The summed E-state index contributed by atoms with van der Waals surface area (Å²) in [4.78, 5) is 47.3. The van der Waals surface area contributed by atoms with E-state index in [1.807, 2.05) is 20.8 Å². The van der Waals surface area contributed by atoms with Crippen molar-refractivity contribution in [3.63, 3.8) is 0 Å². The molecule has 0 unspecified atom stereocenters. The minimum atomic E-state index is -3.78. The maximum absolute atomic E-state index is 12.8. The molecule has 0 saturated carbocycles. The van der Waals surface area contributed by atoms with Crippen LogP contribution in [0.25, 0.3) is 16.8 Å². The largest absolute Gasteiger partial charge is 0.443 e. The molecule has 0 aromatic carbocycles. The quantitative estimate of drug-likeness (QED) is 0.272. The molecule has 0 bridgehead atoms. The highest BCUT2D eigenvalue weighted by Crippen LogP contribution is 2.23. The molecular formula is C29H41N9O6S. The molecule has 0 spiro atoms. The van der Waals surface area contributed by atoms with Gasteiger partial charge in [-0.1, -0.05) is 6.92 Å². The van der Waals surface area contributed by atoms with Crippen molar-refractivity contribution in [2.24, 2.45) is 0 Å². The molecule has 0 aliphatic carbocycles. The minimum Gasteiger partial charge on any atom is -0.443 e. The molecule has 1 fully saturated rings. The predicted molar refractivity (Wildman–Crippen MR) is 167 cm³/mol. The van der Waals surface area contributed by atoms with E-state index in [4.69, 9.17) is 4.74 Å². The van der Waals surface area contributed by atoms with Crippen molar-refractivity contribution in [1.29, 1.82) is 0 Å². The van der Waals surface area contributed by atoms with Crippen LogP contribution in [0.4, 0.5) is 15.5 Å². The van der Waals surface area contributed by atoms with Gasteiger partial charge < -0.3 is 20.3 Å². The molecule has 3 aromatic rings. The fourth-order valence-electron chi connectivity index (χ4n) is 4.46. The molecule has 1 saturated heterocycles. The van der Waals surface area contributed by atoms with E-state index in [1.54, 1.807) is 44.0 Å². The first-order valence-electron chi connectivity index (χ1n) is 14.7. The number of anilines is 1. The average molecular weight is 644 g/mol. The maximum atomic E-state index is 12.8. The van der Waals surface area contributed by atoms with E-state index in [9.17, 15) is 22.8 Å². The van der Waals surface area contributed by atoms with Crippen molar-refractivity contribution < 1.29 is 27.5 Å². The Morgan fingerprint density at radius 2 is 1.76 bits per heavy atom. The standard InChI is InChI=1S/C29H41N9O6S/c1-7-29(5,6)44-27(41)37-12-10-21(11-13-37)32-24(39)17-31-26(40)34-25-33-23-9-8-19(18-38(23)35-25)20-14-22(16-30-15-20)45(42,43)36-28(2,3)4/h8-9,14-16,18,21,36H,7,10-13,17H2,1-6H3,(H,32,39)(H2,31,34,35,40). The summed E-state index contributed by atoms with van der Waals surface area (Å²) in [7, 11) is -3.78. The average Bonchev–Trinajstić information content (AvgIpc) is 3.36. The molecule has 16 heteroatoms. The van der Waals surface area contributed by atoms with Crippen molar-refractivity contribution >= 4 is 39.7 Å². The number of ether oxygens (including phenoxy) is 1. The van der Waals surface area contributed by atoms with Crippen LogP contribution in [-0.4, -0.2) is 87.7 Å². The molecule has 4 N–H and O–H groups in total. The summed E-state index contributed by atoms with van der Waals surface area (Å²) in [6.07, 6.45) is 5.97. The van der Waals surface area contributed by atoms with E-state index >= 15 is 0 Å². The van der Waals surface area contributed by atoms with E-state index < -0.39 is 27.2 Å². The van der Waals surface area contributed by atoms with Crippen LogP contribution in [0, 0.1) is 0 Å². The van der Waals surface area contributed by atoms with Gasteiger partial charge in [-0.05, 0) is 72.1 Å². The van der Waals surface area contributed by atoms with Gasteiger partial charge in [-0.3, -0.25) is 15.1 Å². The van der Waals surface area contributed by atoms with Crippen molar-refractivity contribution in [2.75, 3.05) is 25.0 Å². The first-order chi connectivity index (χ1) is 21.0. The Morgan fingerprint density at radius 3 is 2.42 bits per heavy atom. The monoisotopic (exact) mass is 643 g/mol. The molecule has 4 amide bonds. The maximum Gasteiger partial charge on any atom is 0.410 e. The summed E-state index contributed by atoms with van der Waals surface area (Å²) in [5, 5.41) is 12.2. The van der Waals surface area contributed by atoms with Crippen molar-refractivity contribution in [3.8, 4) is 11.1 Å². The second-order valence-corrected chi connectivity index (χ2v) is 14.2. The lowest BCUT2D eigenvalue weighted by Crippen LogP contribution is -2.49. The molecule has 0 radical (unpaired) electrons. The smallest absolute Gasteiger partial charge is 0.410 e. The highest BCUT2D eigenvalue weighted by molar-refractivity contribution is 7.89. The normalized spacial score (nSPS) is 14.7. The molecule has 0 atom stereocenters. The number of hydrogen-bond acceptors (Lipinski definition) is 9. The van der Waals surface area contributed by atoms with Crippen LogP contribution in [0.3, 0.4) is 0 Å². The number of nitrogens with zero attached hydrogens (tertiary/aromatic N) is 5. The van der Waals surface area contributed by atoms with Crippen molar-refractivity contribution in [2.45, 2.75) is 82.9 Å². The van der Waals surface area contributed by atoms with Gasteiger partial charge in [-0.15, -0.1) is 5.10 Å². The highest BCUT2D eigenvalue weighted by atomic mass is 32.2. The van der Waals surface area contributed by atoms with Crippen LogP contribution in [0.1, 0.15) is 60.8 Å². The number of likely N-dealkylation sites (tertiary alicyclic amines) is 1. The fraction of sp³-hybridized carbons (Fsp3) is 0.517. The summed E-state index contributed by atoms with van der Waals surface area (Å²) in [5.74, 6) is -0.346. The van der Waals surface area contributed by atoms with Crippen molar-refractivity contribution in [1.82, 2.24) is 39.8 Å². The number of carbonyl (C=O) groups is 3. The van der Waals surface area contributed by atoms with Crippen LogP contribution >= 0.6 is 0 Å². The fourth-order valence-corrected chi connectivity index (χ4v) is 5.86. The zero-order chi connectivity index (χ0) is 33.0. The molecular weight excluding hydrogens is 602 g/mol. The number of aromatic nitrogens is 4. The van der Waals surface area contributed by atoms with Crippen LogP contribution < -0.4 is 20.7 Å². The lowest BCUT2D eigenvalue weighted by molar-refractivity contribution is -0.121. The lowest BCUT2D eigenvalue weighted by atomic mass is 10.1. The molecule has 1 aliphatic rings. The topological polar surface area (TPSA) is 189 Å². The number of amides is 4. The summed E-state index contributed by atoms with van der Waals surface area (Å²) in [5.41, 5.74) is 0.432. The third-order valence-corrected chi connectivity index (χ3v) is 8.82. The van der Waals surface area contributed by atoms with E-state index in [0.717, 1.165) is 0 Å². The third kappa shape index (κ3) is 9.34. The zero-order valence-electron chi connectivity index (χ0n) is 26.4. The number of carbonyl (C=O) groups excluding carboxylic acids is 3. The molecule has 4 rings (SSSR count). The molecule has 4 heterocycles. The Hall–Kier alpha value is -4.31. The molecule has 45 heavy (non-hydrogen) atoms. The molecule has 244 valence electrons. The van der Waals surface area contributed by atoms with E-state index in [2.05, 4.69) is 35.7 Å². The SMILES string of the molecule is CCC(C)(C)OC(=O)N1CCC(NC(=O)CNC(=O)Nc2nc3ccc(-c4cncc(S(=O)(=O)NC(C)(C)C)c4)cn3n2)CC1. The number of rotatable bonds is 9. The van der Waals surface area contributed by atoms with Gasteiger partial charge in [0.05, 0.1) is 6.54 Å². The first-order valence-corrected chi connectivity index (χ1v) is 16.2. The summed E-state index contributed by atoms with van der Waals surface area (Å²) >= 11 is 0. The number of nitrogens with one attached hydrogen (secondary N) is 4. The van der Waals surface area contributed by atoms with Gasteiger partial charge >= 0.3 is 12.1 Å². The number of piperidine rings is 1. The van der Waals surface area contributed by atoms with Crippen LogP contribution in [0.15, 0.2) is 41.7 Å². The van der Waals surface area contributed by atoms with Gasteiger partial charge in [0, 0.05) is 54.4 Å². The molecule has 15 nitrogen and oxygen atoms in total. The number of urea groups is 1. The van der Waals surface area contributed by atoms with E-state index in [1.165, 1.54) is 23.0 Å².